The normalized spacial score (nSPS) is 19.7. The third-order valence-corrected chi connectivity index (χ3v) is 4.44. The number of carbonyl (C=O) groups excluding carboxylic acids is 2. The van der Waals surface area contributed by atoms with Gasteiger partial charge in [-0.1, -0.05) is 22.9 Å². The number of anilines is 1. The van der Waals surface area contributed by atoms with Gasteiger partial charge in [-0.05, 0) is 44.0 Å². The van der Waals surface area contributed by atoms with Crippen molar-refractivity contribution in [1.82, 2.24) is 5.32 Å². The van der Waals surface area contributed by atoms with Gasteiger partial charge in [-0.3, -0.25) is 9.59 Å². The van der Waals surface area contributed by atoms with Gasteiger partial charge in [-0.25, -0.2) is 0 Å². The van der Waals surface area contributed by atoms with Crippen LogP contribution in [-0.2, 0) is 9.59 Å². The van der Waals surface area contributed by atoms with Crippen molar-refractivity contribution in [3.63, 3.8) is 0 Å². The minimum atomic E-state index is -0.255. The van der Waals surface area contributed by atoms with Crippen LogP contribution in [0.25, 0.3) is 0 Å². The van der Waals surface area contributed by atoms with Gasteiger partial charge < -0.3 is 10.2 Å². The van der Waals surface area contributed by atoms with Gasteiger partial charge in [0.1, 0.15) is 0 Å². The lowest BCUT2D eigenvalue weighted by atomic mass is 10.1. The Labute approximate surface area is 134 Å². The maximum absolute atomic E-state index is 12.2. The maximum atomic E-state index is 12.2. The number of benzene rings is 1. The molecule has 21 heavy (non-hydrogen) atoms. The van der Waals surface area contributed by atoms with E-state index in [-0.39, 0.29) is 30.2 Å². The average molecular weight is 353 g/mol. The molecule has 1 fully saturated rings. The summed E-state index contributed by atoms with van der Waals surface area (Å²) in [5.74, 6) is -0.255. The van der Waals surface area contributed by atoms with Gasteiger partial charge in [-0.15, -0.1) is 0 Å². The molecule has 2 atom stereocenters. The third-order valence-electron chi connectivity index (χ3n) is 3.95. The van der Waals surface area contributed by atoms with Gasteiger partial charge in [0.15, 0.2) is 0 Å². The highest BCUT2D eigenvalue weighted by Crippen LogP contribution is 2.29. The Morgan fingerprint density at radius 3 is 2.86 bits per heavy atom. The Balaban J connectivity index is 2.11. The average Bonchev–Trinajstić information content (AvgIpc) is 2.80. The van der Waals surface area contributed by atoms with Crippen LogP contribution in [0.2, 0.25) is 0 Å². The molecule has 0 saturated carbocycles. The Bertz CT molecular complexity index is 559. The molecule has 0 aliphatic carbocycles. The topological polar surface area (TPSA) is 49.4 Å². The second-order valence-electron chi connectivity index (χ2n) is 5.65. The molecule has 1 aliphatic rings. The fraction of sp³-hybridized carbons (Fsp3) is 0.500. The summed E-state index contributed by atoms with van der Waals surface area (Å²) in [6, 6.07) is 5.97. The first-order valence-electron chi connectivity index (χ1n) is 7.29. The van der Waals surface area contributed by atoms with Crippen LogP contribution in [0.3, 0.4) is 0 Å². The van der Waals surface area contributed by atoms with Crippen molar-refractivity contribution in [2.75, 3.05) is 11.4 Å². The van der Waals surface area contributed by atoms with E-state index in [1.54, 1.807) is 4.90 Å². The van der Waals surface area contributed by atoms with Crippen LogP contribution in [-0.4, -0.2) is 24.4 Å². The van der Waals surface area contributed by atoms with Crippen LogP contribution in [0.5, 0.6) is 0 Å². The SMILES string of the molecule is CCC(C)NC(=O)C1CC(=O)N(c2ccc(Br)cc2C)C1. The molecule has 1 saturated heterocycles. The summed E-state index contributed by atoms with van der Waals surface area (Å²) in [6.45, 7) is 6.44. The highest BCUT2D eigenvalue weighted by atomic mass is 79.9. The predicted octanol–water partition coefficient (Wildman–Crippen LogP) is 3.03. The number of nitrogens with one attached hydrogen (secondary N) is 1. The molecule has 2 amide bonds. The van der Waals surface area contributed by atoms with Crippen LogP contribution < -0.4 is 10.2 Å². The smallest absolute Gasteiger partial charge is 0.227 e. The van der Waals surface area contributed by atoms with E-state index in [1.807, 2.05) is 39.0 Å². The summed E-state index contributed by atoms with van der Waals surface area (Å²) < 4.78 is 0.987. The zero-order valence-corrected chi connectivity index (χ0v) is 14.2. The van der Waals surface area contributed by atoms with Gasteiger partial charge in [0.05, 0.1) is 5.92 Å². The number of halogens is 1. The van der Waals surface area contributed by atoms with E-state index in [0.717, 1.165) is 22.1 Å². The Morgan fingerprint density at radius 1 is 1.52 bits per heavy atom. The zero-order chi connectivity index (χ0) is 15.6. The van der Waals surface area contributed by atoms with Gasteiger partial charge in [-0.2, -0.15) is 0 Å². The van der Waals surface area contributed by atoms with Crippen LogP contribution in [0.4, 0.5) is 5.69 Å². The zero-order valence-electron chi connectivity index (χ0n) is 12.6. The lowest BCUT2D eigenvalue weighted by Crippen LogP contribution is -2.38. The number of nitrogens with zero attached hydrogens (tertiary/aromatic N) is 1. The maximum Gasteiger partial charge on any atom is 0.227 e. The second kappa shape index (κ2) is 6.60. The molecule has 0 bridgehead atoms. The van der Waals surface area contributed by atoms with Crippen molar-refractivity contribution in [3.05, 3.63) is 28.2 Å². The quantitative estimate of drug-likeness (QED) is 0.905. The molecule has 0 spiro atoms. The molecule has 0 radical (unpaired) electrons. The van der Waals surface area contributed by atoms with Crippen molar-refractivity contribution in [3.8, 4) is 0 Å². The summed E-state index contributed by atoms with van der Waals surface area (Å²) >= 11 is 3.42. The van der Waals surface area contributed by atoms with E-state index in [9.17, 15) is 9.59 Å². The Morgan fingerprint density at radius 2 is 2.24 bits per heavy atom. The molecule has 1 heterocycles. The van der Waals surface area contributed by atoms with Gasteiger partial charge in [0.2, 0.25) is 11.8 Å². The fourth-order valence-electron chi connectivity index (χ4n) is 2.50. The number of aryl methyl sites for hydroxylation is 1. The monoisotopic (exact) mass is 352 g/mol. The molecule has 114 valence electrons. The molecule has 1 aliphatic heterocycles. The standard InChI is InChI=1S/C16H21BrN2O2/c1-4-11(3)18-16(21)12-8-15(20)19(9-12)14-6-5-13(17)7-10(14)2/h5-7,11-12H,4,8-9H2,1-3H3,(H,18,21). The first kappa shape index (κ1) is 16.0. The van der Waals surface area contributed by atoms with Gasteiger partial charge >= 0.3 is 0 Å². The van der Waals surface area contributed by atoms with Crippen LogP contribution >= 0.6 is 15.9 Å². The predicted molar refractivity (Wildman–Crippen MR) is 87.2 cm³/mol. The summed E-state index contributed by atoms with van der Waals surface area (Å²) in [5.41, 5.74) is 1.92. The molecule has 2 unspecified atom stereocenters. The number of hydrogen-bond acceptors (Lipinski definition) is 2. The number of rotatable bonds is 4. The molecule has 1 aromatic rings. The third kappa shape index (κ3) is 3.64. The summed E-state index contributed by atoms with van der Waals surface area (Å²) in [7, 11) is 0. The van der Waals surface area contributed by atoms with Crippen LogP contribution in [0.1, 0.15) is 32.3 Å². The molecule has 0 aromatic heterocycles. The Hall–Kier alpha value is -1.36. The van der Waals surface area contributed by atoms with Crippen molar-refractivity contribution in [2.24, 2.45) is 5.92 Å². The van der Waals surface area contributed by atoms with Gasteiger partial charge in [0.25, 0.3) is 0 Å². The largest absolute Gasteiger partial charge is 0.353 e. The van der Waals surface area contributed by atoms with Crippen LogP contribution in [0.15, 0.2) is 22.7 Å². The van der Waals surface area contributed by atoms with E-state index in [0.29, 0.717) is 6.54 Å². The molecule has 1 aromatic carbocycles. The minimum absolute atomic E-state index is 0.0183. The van der Waals surface area contributed by atoms with Gasteiger partial charge in [0, 0.05) is 29.2 Å². The first-order valence-corrected chi connectivity index (χ1v) is 8.08. The fourth-order valence-corrected chi connectivity index (χ4v) is 2.98. The van der Waals surface area contributed by atoms with Crippen molar-refractivity contribution in [2.45, 2.75) is 39.7 Å². The number of carbonyl (C=O) groups is 2. The summed E-state index contributed by atoms with van der Waals surface area (Å²) in [4.78, 5) is 26.1. The molecule has 4 nitrogen and oxygen atoms in total. The number of amides is 2. The summed E-state index contributed by atoms with van der Waals surface area (Å²) in [6.07, 6.45) is 1.18. The first-order chi connectivity index (χ1) is 9.92. The van der Waals surface area contributed by atoms with E-state index >= 15 is 0 Å². The van der Waals surface area contributed by atoms with Crippen molar-refractivity contribution >= 4 is 33.4 Å². The lowest BCUT2D eigenvalue weighted by molar-refractivity contribution is -0.126. The van der Waals surface area contributed by atoms with Crippen LogP contribution in [0, 0.1) is 12.8 Å². The molecule has 5 heteroatoms. The second-order valence-corrected chi connectivity index (χ2v) is 6.57. The lowest BCUT2D eigenvalue weighted by Gasteiger charge is -2.20. The van der Waals surface area contributed by atoms with Crippen molar-refractivity contribution < 1.29 is 9.59 Å². The van der Waals surface area contributed by atoms with E-state index in [1.165, 1.54) is 0 Å². The van der Waals surface area contributed by atoms with E-state index in [4.69, 9.17) is 0 Å². The molecular weight excluding hydrogens is 332 g/mol. The molecule has 1 N–H and O–H groups in total. The highest BCUT2D eigenvalue weighted by Gasteiger charge is 2.35. The number of hydrogen-bond donors (Lipinski definition) is 1. The molecular formula is C16H21BrN2O2. The Kier molecular flexibility index (Phi) is 5.04. The minimum Gasteiger partial charge on any atom is -0.353 e. The van der Waals surface area contributed by atoms with E-state index < -0.39 is 0 Å². The van der Waals surface area contributed by atoms with Crippen molar-refractivity contribution in [1.29, 1.82) is 0 Å². The summed E-state index contributed by atoms with van der Waals surface area (Å²) in [5, 5.41) is 2.96. The highest BCUT2D eigenvalue weighted by molar-refractivity contribution is 9.10. The van der Waals surface area contributed by atoms with E-state index in [2.05, 4.69) is 21.2 Å². The molecule has 2 rings (SSSR count).